The Morgan fingerprint density at radius 3 is 3.00 bits per heavy atom. The van der Waals surface area contributed by atoms with E-state index in [1.165, 1.54) is 19.6 Å². The van der Waals surface area contributed by atoms with Crippen LogP contribution in [0.5, 0.6) is 0 Å². The molecule has 0 saturated heterocycles. The number of ether oxygens (including phenoxy) is 2. The summed E-state index contributed by atoms with van der Waals surface area (Å²) in [4.78, 5) is 19.2. The van der Waals surface area contributed by atoms with Gasteiger partial charge in [0.05, 0.1) is 25.7 Å². The van der Waals surface area contributed by atoms with Gasteiger partial charge in [-0.05, 0) is 24.1 Å². The predicted octanol–water partition coefficient (Wildman–Crippen LogP) is 2.70. The van der Waals surface area contributed by atoms with Gasteiger partial charge in [-0.25, -0.2) is 14.8 Å². The molecule has 0 fully saturated rings. The standard InChI is InChI=1S/C12H15ClN2O3/c1-3-4-6-18-7-5-10-9(11(16)17-2)8-14-12(13)15-10/h5,7-8H,3-4,6H2,1-2H3/b7-5+. The van der Waals surface area contributed by atoms with Crippen molar-refractivity contribution in [3.63, 3.8) is 0 Å². The van der Waals surface area contributed by atoms with Crippen molar-refractivity contribution in [3.8, 4) is 0 Å². The number of nitrogens with zero attached hydrogens (tertiary/aromatic N) is 2. The summed E-state index contributed by atoms with van der Waals surface area (Å²) >= 11 is 5.68. The third kappa shape index (κ3) is 4.33. The molecule has 0 bridgehead atoms. The largest absolute Gasteiger partial charge is 0.501 e. The number of unbranched alkanes of at least 4 members (excludes halogenated alkanes) is 1. The molecule has 6 heteroatoms. The Hall–Kier alpha value is -1.62. The van der Waals surface area contributed by atoms with Crippen LogP contribution in [0, 0.1) is 0 Å². The predicted molar refractivity (Wildman–Crippen MR) is 68.3 cm³/mol. The van der Waals surface area contributed by atoms with Gasteiger partial charge in [-0.1, -0.05) is 13.3 Å². The first-order valence-corrected chi connectivity index (χ1v) is 5.95. The lowest BCUT2D eigenvalue weighted by molar-refractivity contribution is 0.0599. The number of hydrogen-bond acceptors (Lipinski definition) is 5. The molecule has 5 nitrogen and oxygen atoms in total. The lowest BCUT2D eigenvalue weighted by Crippen LogP contribution is -2.06. The summed E-state index contributed by atoms with van der Waals surface area (Å²) in [6, 6.07) is 0. The molecular weight excluding hydrogens is 256 g/mol. The van der Waals surface area contributed by atoms with Gasteiger partial charge in [-0.2, -0.15) is 0 Å². The van der Waals surface area contributed by atoms with Gasteiger partial charge in [0.1, 0.15) is 5.56 Å². The Bertz CT molecular complexity index is 435. The molecule has 0 N–H and O–H groups in total. The number of aromatic nitrogens is 2. The third-order valence-electron chi connectivity index (χ3n) is 2.13. The zero-order valence-electron chi connectivity index (χ0n) is 10.4. The molecule has 98 valence electrons. The van der Waals surface area contributed by atoms with Gasteiger partial charge < -0.3 is 9.47 Å². The highest BCUT2D eigenvalue weighted by molar-refractivity contribution is 6.28. The minimum Gasteiger partial charge on any atom is -0.501 e. The van der Waals surface area contributed by atoms with Crippen LogP contribution in [0.4, 0.5) is 0 Å². The second-order valence-corrected chi connectivity index (χ2v) is 3.79. The quantitative estimate of drug-likeness (QED) is 0.344. The maximum atomic E-state index is 11.5. The Kier molecular flexibility index (Phi) is 6.14. The van der Waals surface area contributed by atoms with Crippen molar-refractivity contribution in [1.29, 1.82) is 0 Å². The van der Waals surface area contributed by atoms with E-state index in [1.807, 2.05) is 0 Å². The SMILES string of the molecule is CCCCO/C=C/c1nc(Cl)ncc1C(=O)OC. The number of esters is 1. The van der Waals surface area contributed by atoms with Gasteiger partial charge in [0.2, 0.25) is 5.28 Å². The monoisotopic (exact) mass is 270 g/mol. The normalized spacial score (nSPS) is 10.6. The van der Waals surface area contributed by atoms with Crippen molar-refractivity contribution in [2.75, 3.05) is 13.7 Å². The van der Waals surface area contributed by atoms with E-state index in [0.29, 0.717) is 12.3 Å². The second-order valence-electron chi connectivity index (χ2n) is 3.46. The minimum absolute atomic E-state index is 0.0656. The van der Waals surface area contributed by atoms with Crippen LogP contribution in [0.25, 0.3) is 6.08 Å². The minimum atomic E-state index is -0.514. The highest BCUT2D eigenvalue weighted by atomic mass is 35.5. The van der Waals surface area contributed by atoms with E-state index < -0.39 is 5.97 Å². The Balaban J connectivity index is 2.79. The molecule has 0 spiro atoms. The lowest BCUT2D eigenvalue weighted by atomic mass is 10.2. The molecule has 0 unspecified atom stereocenters. The van der Waals surface area contributed by atoms with Gasteiger partial charge in [-0.15, -0.1) is 0 Å². The zero-order chi connectivity index (χ0) is 13.4. The van der Waals surface area contributed by atoms with E-state index in [0.717, 1.165) is 12.8 Å². The fourth-order valence-corrected chi connectivity index (χ4v) is 1.31. The van der Waals surface area contributed by atoms with Crippen LogP contribution in [-0.4, -0.2) is 29.7 Å². The first-order valence-electron chi connectivity index (χ1n) is 5.58. The summed E-state index contributed by atoms with van der Waals surface area (Å²) < 4.78 is 9.88. The molecule has 0 aliphatic rings. The van der Waals surface area contributed by atoms with Crippen LogP contribution in [0.2, 0.25) is 5.28 Å². The first kappa shape index (κ1) is 14.4. The molecule has 0 radical (unpaired) electrons. The molecule has 0 aliphatic carbocycles. The number of halogens is 1. The average molecular weight is 271 g/mol. The topological polar surface area (TPSA) is 61.3 Å². The smallest absolute Gasteiger partial charge is 0.341 e. The van der Waals surface area contributed by atoms with Crippen LogP contribution in [-0.2, 0) is 9.47 Å². The zero-order valence-corrected chi connectivity index (χ0v) is 11.1. The molecule has 0 aromatic carbocycles. The van der Waals surface area contributed by atoms with Crippen molar-refractivity contribution >= 4 is 23.6 Å². The van der Waals surface area contributed by atoms with Crippen molar-refractivity contribution in [2.24, 2.45) is 0 Å². The lowest BCUT2D eigenvalue weighted by Gasteiger charge is -2.03. The number of hydrogen-bond donors (Lipinski definition) is 0. The van der Waals surface area contributed by atoms with E-state index in [-0.39, 0.29) is 10.8 Å². The molecule has 18 heavy (non-hydrogen) atoms. The molecule has 1 aromatic rings. The number of carbonyl (C=O) groups excluding carboxylic acids is 1. The van der Waals surface area contributed by atoms with Gasteiger partial charge >= 0.3 is 5.97 Å². The van der Waals surface area contributed by atoms with Crippen LogP contribution in [0.3, 0.4) is 0 Å². The average Bonchev–Trinajstić information content (AvgIpc) is 2.38. The van der Waals surface area contributed by atoms with Crippen molar-refractivity contribution in [2.45, 2.75) is 19.8 Å². The summed E-state index contributed by atoms with van der Waals surface area (Å²) in [5.74, 6) is -0.514. The second kappa shape index (κ2) is 7.66. The fraction of sp³-hybridized carbons (Fsp3) is 0.417. The summed E-state index contributed by atoms with van der Waals surface area (Å²) in [5.41, 5.74) is 0.621. The van der Waals surface area contributed by atoms with Crippen LogP contribution >= 0.6 is 11.6 Å². The van der Waals surface area contributed by atoms with Crippen LogP contribution in [0.15, 0.2) is 12.5 Å². The fourth-order valence-electron chi connectivity index (χ4n) is 1.17. The summed E-state index contributed by atoms with van der Waals surface area (Å²) in [5, 5.41) is 0.0656. The van der Waals surface area contributed by atoms with Gasteiger partial charge in [-0.3, -0.25) is 0 Å². The molecule has 1 rings (SSSR count). The molecule has 0 atom stereocenters. The third-order valence-corrected chi connectivity index (χ3v) is 2.31. The highest BCUT2D eigenvalue weighted by Crippen LogP contribution is 2.11. The van der Waals surface area contributed by atoms with Gasteiger partial charge in [0.15, 0.2) is 0 Å². The van der Waals surface area contributed by atoms with E-state index in [4.69, 9.17) is 16.3 Å². The van der Waals surface area contributed by atoms with E-state index in [1.54, 1.807) is 6.08 Å². The van der Waals surface area contributed by atoms with E-state index >= 15 is 0 Å². The number of rotatable bonds is 6. The molecule has 0 aliphatic heterocycles. The molecule has 0 saturated carbocycles. The summed E-state index contributed by atoms with van der Waals surface area (Å²) in [6.07, 6.45) is 6.41. The molecule has 1 heterocycles. The Morgan fingerprint density at radius 2 is 2.33 bits per heavy atom. The highest BCUT2D eigenvalue weighted by Gasteiger charge is 2.12. The van der Waals surface area contributed by atoms with E-state index in [2.05, 4.69) is 21.6 Å². The maximum Gasteiger partial charge on any atom is 0.341 e. The van der Waals surface area contributed by atoms with E-state index in [9.17, 15) is 4.79 Å². The van der Waals surface area contributed by atoms with Crippen LogP contribution < -0.4 is 0 Å². The molecule has 0 amide bonds. The van der Waals surface area contributed by atoms with Gasteiger partial charge in [0.25, 0.3) is 0 Å². The van der Waals surface area contributed by atoms with Crippen LogP contribution in [0.1, 0.15) is 35.8 Å². The number of methoxy groups -OCH3 is 1. The number of carbonyl (C=O) groups is 1. The van der Waals surface area contributed by atoms with Crippen molar-refractivity contribution in [3.05, 3.63) is 29.0 Å². The summed E-state index contributed by atoms with van der Waals surface area (Å²) in [6.45, 7) is 2.70. The first-order chi connectivity index (χ1) is 8.69. The molecular formula is C12H15ClN2O3. The Morgan fingerprint density at radius 1 is 1.56 bits per heavy atom. The maximum absolute atomic E-state index is 11.5. The Labute approximate surface area is 111 Å². The van der Waals surface area contributed by atoms with Gasteiger partial charge in [0, 0.05) is 6.20 Å². The van der Waals surface area contributed by atoms with Crippen molar-refractivity contribution < 1.29 is 14.3 Å². The summed E-state index contributed by atoms with van der Waals surface area (Å²) in [7, 11) is 1.29. The molecule has 1 aromatic heterocycles. The van der Waals surface area contributed by atoms with Crippen molar-refractivity contribution in [1.82, 2.24) is 9.97 Å².